The van der Waals surface area contributed by atoms with Crippen molar-refractivity contribution < 1.29 is 9.72 Å². The van der Waals surface area contributed by atoms with Crippen molar-refractivity contribution in [3.8, 4) is 6.07 Å². The molecule has 1 aromatic carbocycles. The SMILES string of the molecule is CCCCc1ccc(N2C(S)=C(C#N)C(=O)NC2c2ccc([N+](=O)[O-])s2)cc1. The molecule has 1 aromatic heterocycles. The standard InChI is InChI=1S/C19H18N4O3S2/c1-2-3-4-12-5-7-13(8-6-12)22-17(15-9-10-16(28-15)23(25)26)21-18(24)14(11-20)19(22)27/h5-10,17,27H,2-4H2,1H3,(H,21,24). The first-order valence-electron chi connectivity index (χ1n) is 8.72. The third-order valence-corrected chi connectivity index (χ3v) is 5.94. The molecular formula is C19H18N4O3S2. The summed E-state index contributed by atoms with van der Waals surface area (Å²) in [5, 5.41) is 23.3. The van der Waals surface area contributed by atoms with E-state index >= 15 is 0 Å². The summed E-state index contributed by atoms with van der Waals surface area (Å²) >= 11 is 5.41. The number of carbonyl (C=O) groups is 1. The van der Waals surface area contributed by atoms with Gasteiger partial charge in [0.05, 0.1) is 14.8 Å². The van der Waals surface area contributed by atoms with Crippen LogP contribution in [0.3, 0.4) is 0 Å². The van der Waals surface area contributed by atoms with Crippen molar-refractivity contribution in [1.82, 2.24) is 5.32 Å². The summed E-state index contributed by atoms with van der Waals surface area (Å²) in [7, 11) is 0. The van der Waals surface area contributed by atoms with Gasteiger partial charge in [-0.25, -0.2) is 0 Å². The Labute approximate surface area is 171 Å². The lowest BCUT2D eigenvalue weighted by Crippen LogP contribution is -2.45. The summed E-state index contributed by atoms with van der Waals surface area (Å²) < 4.78 is 0. The number of anilines is 1. The monoisotopic (exact) mass is 414 g/mol. The summed E-state index contributed by atoms with van der Waals surface area (Å²) in [6, 6.07) is 12.7. The van der Waals surface area contributed by atoms with Gasteiger partial charge < -0.3 is 10.2 Å². The number of aryl methyl sites for hydroxylation is 1. The Hall–Kier alpha value is -2.83. The first-order valence-corrected chi connectivity index (χ1v) is 9.99. The lowest BCUT2D eigenvalue weighted by Gasteiger charge is -2.37. The van der Waals surface area contributed by atoms with Gasteiger partial charge in [-0.1, -0.05) is 36.8 Å². The van der Waals surface area contributed by atoms with E-state index < -0.39 is 17.0 Å². The van der Waals surface area contributed by atoms with Crippen molar-refractivity contribution in [2.75, 3.05) is 4.90 Å². The third-order valence-electron chi connectivity index (χ3n) is 4.41. The molecule has 2 heterocycles. The van der Waals surface area contributed by atoms with Crippen molar-refractivity contribution in [2.24, 2.45) is 0 Å². The van der Waals surface area contributed by atoms with Crippen LogP contribution < -0.4 is 10.2 Å². The van der Waals surface area contributed by atoms with E-state index in [0.29, 0.717) is 4.88 Å². The van der Waals surface area contributed by atoms with Gasteiger partial charge in [0, 0.05) is 11.8 Å². The highest BCUT2D eigenvalue weighted by atomic mass is 32.1. The number of nitriles is 1. The molecule has 0 radical (unpaired) electrons. The highest BCUT2D eigenvalue weighted by Gasteiger charge is 2.35. The van der Waals surface area contributed by atoms with Crippen molar-refractivity contribution in [3.05, 3.63) is 67.6 Å². The Morgan fingerprint density at radius 3 is 2.61 bits per heavy atom. The molecule has 0 spiro atoms. The van der Waals surface area contributed by atoms with Gasteiger partial charge in [0.2, 0.25) is 0 Å². The van der Waals surface area contributed by atoms with Gasteiger partial charge in [-0.05, 0) is 36.6 Å². The molecule has 0 bridgehead atoms. The second-order valence-corrected chi connectivity index (χ2v) is 7.78. The van der Waals surface area contributed by atoms with Crippen LogP contribution in [-0.2, 0) is 11.2 Å². The topological polar surface area (TPSA) is 99.3 Å². The van der Waals surface area contributed by atoms with Crippen LogP contribution in [0.2, 0.25) is 0 Å². The number of thiophene rings is 1. The molecule has 1 unspecified atom stereocenters. The van der Waals surface area contributed by atoms with E-state index in [4.69, 9.17) is 0 Å². The lowest BCUT2D eigenvalue weighted by atomic mass is 10.1. The Balaban J connectivity index is 2.03. The maximum Gasteiger partial charge on any atom is 0.324 e. The Kier molecular flexibility index (Phi) is 6.02. The molecule has 144 valence electrons. The number of rotatable bonds is 6. The summed E-state index contributed by atoms with van der Waals surface area (Å²) in [6.07, 6.45) is 2.49. The second kappa shape index (κ2) is 8.46. The number of nitro groups is 1. The summed E-state index contributed by atoms with van der Waals surface area (Å²) in [4.78, 5) is 25.2. The fraction of sp³-hybridized carbons (Fsp3) is 0.263. The number of thiol groups is 1. The quantitative estimate of drug-likeness (QED) is 0.417. The molecule has 2 aromatic rings. The van der Waals surface area contributed by atoms with Gasteiger partial charge in [-0.3, -0.25) is 14.9 Å². The molecule has 0 fully saturated rings. The molecule has 9 heteroatoms. The molecule has 1 aliphatic heterocycles. The number of carbonyl (C=O) groups excluding carboxylic acids is 1. The average molecular weight is 415 g/mol. The molecule has 7 nitrogen and oxygen atoms in total. The molecule has 1 aliphatic rings. The van der Waals surface area contributed by atoms with Crippen LogP contribution in [0.4, 0.5) is 10.7 Å². The zero-order chi connectivity index (χ0) is 20.3. The fourth-order valence-electron chi connectivity index (χ4n) is 2.97. The zero-order valence-corrected chi connectivity index (χ0v) is 16.8. The van der Waals surface area contributed by atoms with Crippen LogP contribution in [0.15, 0.2) is 47.0 Å². The van der Waals surface area contributed by atoms with E-state index in [1.54, 1.807) is 11.0 Å². The smallest absolute Gasteiger partial charge is 0.324 e. The van der Waals surface area contributed by atoms with Gasteiger partial charge in [0.1, 0.15) is 17.8 Å². The molecule has 28 heavy (non-hydrogen) atoms. The normalized spacial score (nSPS) is 16.7. The number of benzene rings is 1. The summed E-state index contributed by atoms with van der Waals surface area (Å²) in [6.45, 7) is 2.14. The van der Waals surface area contributed by atoms with Gasteiger partial charge >= 0.3 is 5.00 Å². The summed E-state index contributed by atoms with van der Waals surface area (Å²) in [5.74, 6) is -0.552. The minimum atomic E-state index is -0.683. The molecule has 1 atom stereocenters. The van der Waals surface area contributed by atoms with E-state index in [9.17, 15) is 20.2 Å². The number of hydrogen-bond acceptors (Lipinski definition) is 7. The largest absolute Gasteiger partial charge is 0.326 e. The van der Waals surface area contributed by atoms with E-state index in [0.717, 1.165) is 36.3 Å². The molecule has 1 amide bonds. The van der Waals surface area contributed by atoms with Crippen LogP contribution in [0.5, 0.6) is 0 Å². The van der Waals surface area contributed by atoms with E-state index in [1.807, 2.05) is 30.3 Å². The van der Waals surface area contributed by atoms with Crippen LogP contribution in [-0.4, -0.2) is 10.8 Å². The second-order valence-electron chi connectivity index (χ2n) is 6.26. The number of unbranched alkanes of at least 4 members (excludes halogenated alkanes) is 1. The number of hydrogen-bond donors (Lipinski definition) is 2. The number of nitrogens with zero attached hydrogens (tertiary/aromatic N) is 3. The first-order chi connectivity index (χ1) is 13.5. The predicted molar refractivity (Wildman–Crippen MR) is 111 cm³/mol. The van der Waals surface area contributed by atoms with Crippen LogP contribution in [0.1, 0.15) is 36.4 Å². The van der Waals surface area contributed by atoms with E-state index in [-0.39, 0.29) is 15.6 Å². The molecule has 0 saturated carbocycles. The van der Waals surface area contributed by atoms with Crippen LogP contribution in [0.25, 0.3) is 0 Å². The maximum absolute atomic E-state index is 12.3. The lowest BCUT2D eigenvalue weighted by molar-refractivity contribution is -0.380. The highest BCUT2D eigenvalue weighted by molar-refractivity contribution is 7.84. The van der Waals surface area contributed by atoms with E-state index in [2.05, 4.69) is 24.9 Å². The van der Waals surface area contributed by atoms with Crippen LogP contribution >= 0.6 is 24.0 Å². The van der Waals surface area contributed by atoms with Gasteiger partial charge in [-0.15, -0.1) is 12.6 Å². The highest BCUT2D eigenvalue weighted by Crippen LogP contribution is 2.39. The number of amides is 1. The molecule has 0 aliphatic carbocycles. The minimum absolute atomic E-state index is 0.0186. The Bertz CT molecular complexity index is 976. The van der Waals surface area contributed by atoms with Crippen molar-refractivity contribution in [3.63, 3.8) is 0 Å². The Morgan fingerprint density at radius 1 is 1.32 bits per heavy atom. The van der Waals surface area contributed by atoms with Crippen molar-refractivity contribution in [1.29, 1.82) is 5.26 Å². The van der Waals surface area contributed by atoms with Gasteiger partial charge in [0.25, 0.3) is 5.91 Å². The zero-order valence-electron chi connectivity index (χ0n) is 15.1. The summed E-state index contributed by atoms with van der Waals surface area (Å²) in [5.41, 5.74) is 1.83. The minimum Gasteiger partial charge on any atom is -0.326 e. The van der Waals surface area contributed by atoms with Crippen molar-refractivity contribution >= 4 is 40.6 Å². The first kappa shape index (κ1) is 19.9. The predicted octanol–water partition coefficient (Wildman–Crippen LogP) is 4.30. The van der Waals surface area contributed by atoms with Crippen molar-refractivity contribution in [2.45, 2.75) is 32.4 Å². The third kappa shape index (κ3) is 3.88. The van der Waals surface area contributed by atoms with Gasteiger partial charge in [0.15, 0.2) is 0 Å². The Morgan fingerprint density at radius 2 is 2.04 bits per heavy atom. The number of nitrogens with one attached hydrogen (secondary N) is 1. The molecule has 1 N–H and O–H groups in total. The van der Waals surface area contributed by atoms with Gasteiger partial charge in [-0.2, -0.15) is 5.26 Å². The molecular weight excluding hydrogens is 396 g/mol. The molecule has 3 rings (SSSR count). The van der Waals surface area contributed by atoms with Crippen LogP contribution in [0, 0.1) is 21.4 Å². The fourth-order valence-corrected chi connectivity index (χ4v) is 4.21. The van der Waals surface area contributed by atoms with E-state index in [1.165, 1.54) is 11.6 Å². The average Bonchev–Trinajstić information content (AvgIpc) is 3.17. The maximum atomic E-state index is 12.3. The molecule has 0 saturated heterocycles.